The van der Waals surface area contributed by atoms with Gasteiger partial charge in [-0.05, 0) is 54.6 Å². The van der Waals surface area contributed by atoms with Crippen molar-refractivity contribution in [3.63, 3.8) is 0 Å². The lowest BCUT2D eigenvalue weighted by molar-refractivity contribution is -0.120. The highest BCUT2D eigenvalue weighted by Crippen LogP contribution is 2.33. The topological polar surface area (TPSA) is 75.7 Å². The Morgan fingerprint density at radius 2 is 1.94 bits per heavy atom. The Labute approximate surface area is 190 Å². The van der Waals surface area contributed by atoms with Gasteiger partial charge >= 0.3 is 0 Å². The molecule has 1 aromatic heterocycles. The summed E-state index contributed by atoms with van der Waals surface area (Å²) in [4.78, 5) is 13.0. The molecule has 6 nitrogen and oxygen atoms in total. The lowest BCUT2D eigenvalue weighted by Crippen LogP contribution is -2.43. The Hall–Kier alpha value is -2.39. The second-order valence-electron chi connectivity index (χ2n) is 7.18. The highest BCUT2D eigenvalue weighted by atomic mass is 35.5. The largest absolute Gasteiger partial charge is 0.455 e. The molecule has 162 valence electrons. The average Bonchev–Trinajstić information content (AvgIpc) is 3.32. The lowest BCUT2D eigenvalue weighted by Gasteiger charge is -2.31. The van der Waals surface area contributed by atoms with Crippen LogP contribution >= 0.6 is 22.9 Å². The molecule has 1 amide bonds. The van der Waals surface area contributed by atoms with Gasteiger partial charge in [-0.15, -0.1) is 11.3 Å². The second kappa shape index (κ2) is 9.40. The molecule has 9 heteroatoms. The molecule has 2 aromatic carbocycles. The number of amides is 1. The third-order valence-electron chi connectivity index (χ3n) is 5.01. The van der Waals surface area contributed by atoms with E-state index in [2.05, 4.69) is 5.32 Å². The number of rotatable bonds is 6. The van der Waals surface area contributed by atoms with Gasteiger partial charge in [0.2, 0.25) is 5.91 Å². The molecule has 31 heavy (non-hydrogen) atoms. The van der Waals surface area contributed by atoms with E-state index in [1.165, 1.54) is 15.6 Å². The van der Waals surface area contributed by atoms with E-state index in [1.54, 1.807) is 35.7 Å². The molecule has 0 spiro atoms. The zero-order valence-electron chi connectivity index (χ0n) is 16.5. The molecule has 1 N–H and O–H groups in total. The summed E-state index contributed by atoms with van der Waals surface area (Å²) in [5.41, 5.74) is 0.444. The summed E-state index contributed by atoms with van der Waals surface area (Å²) >= 11 is 7.31. The predicted molar refractivity (Wildman–Crippen MR) is 122 cm³/mol. The van der Waals surface area contributed by atoms with E-state index in [4.69, 9.17) is 16.3 Å². The predicted octanol–water partition coefficient (Wildman–Crippen LogP) is 5.23. The van der Waals surface area contributed by atoms with Crippen molar-refractivity contribution in [2.75, 3.05) is 18.4 Å². The first kappa shape index (κ1) is 21.8. The van der Waals surface area contributed by atoms with E-state index in [0.29, 0.717) is 45.8 Å². The van der Waals surface area contributed by atoms with Crippen molar-refractivity contribution in [3.05, 3.63) is 71.1 Å². The number of benzene rings is 2. The lowest BCUT2D eigenvalue weighted by atomic mass is 9.98. The highest BCUT2D eigenvalue weighted by molar-refractivity contribution is 7.91. The number of carbonyl (C=O) groups is 1. The van der Waals surface area contributed by atoms with Crippen LogP contribution in [0, 0.1) is 5.92 Å². The number of piperidine rings is 1. The van der Waals surface area contributed by atoms with Crippen LogP contribution in [-0.4, -0.2) is 31.7 Å². The van der Waals surface area contributed by atoms with Gasteiger partial charge < -0.3 is 10.1 Å². The van der Waals surface area contributed by atoms with Crippen molar-refractivity contribution < 1.29 is 17.9 Å². The van der Waals surface area contributed by atoms with Gasteiger partial charge in [0.25, 0.3) is 10.0 Å². The Balaban J connectivity index is 1.50. The minimum atomic E-state index is -3.59. The number of thiophene rings is 1. The van der Waals surface area contributed by atoms with Crippen molar-refractivity contribution in [3.8, 4) is 11.5 Å². The summed E-state index contributed by atoms with van der Waals surface area (Å²) in [6, 6.07) is 17.5. The molecule has 3 aromatic rings. The maximum Gasteiger partial charge on any atom is 0.252 e. The molecule has 1 saturated heterocycles. The number of carbonyl (C=O) groups excluding carboxylic acids is 1. The number of nitrogens with zero attached hydrogens (tertiary/aromatic N) is 1. The molecular formula is C22H21ClN2O4S2. The fraction of sp³-hybridized carbons (Fsp3) is 0.227. The summed E-state index contributed by atoms with van der Waals surface area (Å²) in [7, 11) is -3.59. The standard InChI is InChI=1S/C22H21ClN2O4S2/c23-17-10-11-20(29-18-7-2-1-3-8-18)19(14-17)24-22(26)16-6-4-12-25(15-16)31(27,28)21-9-5-13-30-21/h1-3,5,7-11,13-14,16H,4,6,12,15H2,(H,24,26)/t16-/m0/s1. The van der Waals surface area contributed by atoms with Crippen LogP contribution in [0.5, 0.6) is 11.5 Å². The van der Waals surface area contributed by atoms with Gasteiger partial charge in [-0.3, -0.25) is 4.79 Å². The van der Waals surface area contributed by atoms with Crippen molar-refractivity contribution >= 4 is 44.6 Å². The number of hydrogen-bond acceptors (Lipinski definition) is 5. The number of anilines is 1. The van der Waals surface area contributed by atoms with Crippen molar-refractivity contribution in [1.29, 1.82) is 0 Å². The number of halogens is 1. The quantitative estimate of drug-likeness (QED) is 0.528. The van der Waals surface area contributed by atoms with E-state index in [9.17, 15) is 13.2 Å². The first-order valence-corrected chi connectivity index (χ1v) is 12.5. The fourth-order valence-electron chi connectivity index (χ4n) is 3.45. The van der Waals surface area contributed by atoms with Gasteiger partial charge in [0.15, 0.2) is 5.75 Å². The van der Waals surface area contributed by atoms with E-state index in [-0.39, 0.29) is 12.5 Å². The van der Waals surface area contributed by atoms with Gasteiger partial charge in [0.05, 0.1) is 11.6 Å². The number of sulfonamides is 1. The van der Waals surface area contributed by atoms with Crippen molar-refractivity contribution in [1.82, 2.24) is 4.31 Å². The van der Waals surface area contributed by atoms with Gasteiger partial charge in [-0.25, -0.2) is 8.42 Å². The first-order valence-electron chi connectivity index (χ1n) is 9.80. The molecule has 4 rings (SSSR count). The molecule has 0 aliphatic carbocycles. The Morgan fingerprint density at radius 1 is 1.13 bits per heavy atom. The van der Waals surface area contributed by atoms with Crippen molar-refractivity contribution in [2.24, 2.45) is 5.92 Å². The minimum absolute atomic E-state index is 0.140. The molecule has 0 saturated carbocycles. The van der Waals surface area contributed by atoms with Crippen molar-refractivity contribution in [2.45, 2.75) is 17.1 Å². The molecule has 0 radical (unpaired) electrons. The fourth-order valence-corrected chi connectivity index (χ4v) is 6.29. The number of nitrogens with one attached hydrogen (secondary N) is 1. The zero-order chi connectivity index (χ0) is 21.8. The third-order valence-corrected chi connectivity index (χ3v) is 8.49. The second-order valence-corrected chi connectivity index (χ2v) is 10.7. The molecule has 1 aliphatic heterocycles. The molecule has 2 heterocycles. The summed E-state index contributed by atoms with van der Waals surface area (Å²) in [6.45, 7) is 0.547. The van der Waals surface area contributed by atoms with E-state index >= 15 is 0 Å². The number of hydrogen-bond donors (Lipinski definition) is 1. The molecule has 1 atom stereocenters. The molecule has 1 aliphatic rings. The molecule has 1 fully saturated rings. The van der Waals surface area contributed by atoms with Crippen LogP contribution in [0.15, 0.2) is 70.3 Å². The van der Waals surface area contributed by atoms with E-state index < -0.39 is 15.9 Å². The molecule has 0 bridgehead atoms. The van der Waals surface area contributed by atoms with Crippen LogP contribution in [0.2, 0.25) is 5.02 Å². The van der Waals surface area contributed by atoms with Gasteiger partial charge in [0, 0.05) is 18.1 Å². The van der Waals surface area contributed by atoms with E-state index in [1.807, 2.05) is 30.3 Å². The number of ether oxygens (including phenoxy) is 1. The molecule has 0 unspecified atom stereocenters. The van der Waals surface area contributed by atoms with Gasteiger partial charge in [0.1, 0.15) is 9.96 Å². The molecular weight excluding hydrogens is 456 g/mol. The minimum Gasteiger partial charge on any atom is -0.455 e. The van der Waals surface area contributed by atoms with Crippen LogP contribution in [0.1, 0.15) is 12.8 Å². The maximum absolute atomic E-state index is 13.0. The third kappa shape index (κ3) is 5.10. The zero-order valence-corrected chi connectivity index (χ0v) is 18.9. The van der Waals surface area contributed by atoms with Crippen LogP contribution in [0.4, 0.5) is 5.69 Å². The van der Waals surface area contributed by atoms with Crippen LogP contribution in [-0.2, 0) is 14.8 Å². The summed E-state index contributed by atoms with van der Waals surface area (Å²) in [5, 5.41) is 5.07. The Morgan fingerprint density at radius 3 is 2.68 bits per heavy atom. The Kier molecular flexibility index (Phi) is 6.62. The van der Waals surface area contributed by atoms with Crippen LogP contribution < -0.4 is 10.1 Å². The monoisotopic (exact) mass is 476 g/mol. The smallest absolute Gasteiger partial charge is 0.252 e. The summed E-state index contributed by atoms with van der Waals surface area (Å²) < 4.78 is 33.3. The highest BCUT2D eigenvalue weighted by Gasteiger charge is 2.34. The maximum atomic E-state index is 13.0. The van der Waals surface area contributed by atoms with Gasteiger partial charge in [-0.1, -0.05) is 35.9 Å². The summed E-state index contributed by atoms with van der Waals surface area (Å²) in [6.07, 6.45) is 1.23. The average molecular weight is 477 g/mol. The Bertz CT molecular complexity index is 1150. The number of para-hydroxylation sites is 1. The van der Waals surface area contributed by atoms with Gasteiger partial charge in [-0.2, -0.15) is 4.31 Å². The SMILES string of the molecule is O=C(Nc1cc(Cl)ccc1Oc1ccccc1)[C@H]1CCCN(S(=O)(=O)c2cccs2)C1. The van der Waals surface area contributed by atoms with Crippen LogP contribution in [0.25, 0.3) is 0 Å². The van der Waals surface area contributed by atoms with Crippen LogP contribution in [0.3, 0.4) is 0 Å². The van der Waals surface area contributed by atoms with E-state index in [0.717, 1.165) is 0 Å². The first-order chi connectivity index (χ1) is 14.9. The summed E-state index contributed by atoms with van der Waals surface area (Å²) in [5.74, 6) is 0.368. The normalized spacial score (nSPS) is 17.3.